The summed E-state index contributed by atoms with van der Waals surface area (Å²) in [6.07, 6.45) is -0.495. The number of rotatable bonds is 6. The number of ether oxygens (including phenoxy) is 2. The Balaban J connectivity index is 1.40. The fourth-order valence-corrected chi connectivity index (χ4v) is 3.55. The quantitative estimate of drug-likeness (QED) is 0.669. The van der Waals surface area contributed by atoms with E-state index in [1.54, 1.807) is 24.3 Å². The molecule has 3 aromatic rings. The van der Waals surface area contributed by atoms with Gasteiger partial charge in [-0.05, 0) is 46.5 Å². The summed E-state index contributed by atoms with van der Waals surface area (Å²) in [6, 6.07) is 23.4. The Labute approximate surface area is 163 Å². The number of aliphatic hydroxyl groups is 1. The molecule has 5 heteroatoms. The van der Waals surface area contributed by atoms with Crippen LogP contribution < -0.4 is 10.1 Å². The molecule has 0 aromatic heterocycles. The van der Waals surface area contributed by atoms with Gasteiger partial charge in [0.2, 0.25) is 0 Å². The van der Waals surface area contributed by atoms with E-state index in [2.05, 4.69) is 29.6 Å². The highest BCUT2D eigenvalue weighted by Gasteiger charge is 2.28. The Morgan fingerprint density at radius 2 is 1.50 bits per heavy atom. The van der Waals surface area contributed by atoms with Crippen LogP contribution in [-0.2, 0) is 4.74 Å². The Bertz CT molecular complexity index is 923. The third kappa shape index (κ3) is 3.70. The molecule has 4 rings (SSSR count). The minimum absolute atomic E-state index is 0.0346. The maximum atomic E-state index is 12.3. The summed E-state index contributed by atoms with van der Waals surface area (Å²) < 4.78 is 10.8. The highest BCUT2D eigenvalue weighted by atomic mass is 16.5. The molecule has 0 bridgehead atoms. The highest BCUT2D eigenvalue weighted by molar-refractivity contribution is 5.85. The smallest absolute Gasteiger partial charge is 0.411 e. The third-order valence-corrected chi connectivity index (χ3v) is 4.80. The highest BCUT2D eigenvalue weighted by Crippen LogP contribution is 2.44. The topological polar surface area (TPSA) is 67.8 Å². The number of benzene rings is 3. The minimum atomic E-state index is -0.495. The molecular weight excluding hydrogens is 354 g/mol. The van der Waals surface area contributed by atoms with Crippen molar-refractivity contribution in [3.8, 4) is 16.9 Å². The molecule has 1 aliphatic rings. The zero-order chi connectivity index (χ0) is 19.3. The van der Waals surface area contributed by atoms with E-state index in [-0.39, 0.29) is 25.7 Å². The predicted octanol–water partition coefficient (Wildman–Crippen LogP) is 4.42. The molecule has 0 atom stereocenters. The van der Waals surface area contributed by atoms with Crippen molar-refractivity contribution in [3.63, 3.8) is 0 Å². The van der Waals surface area contributed by atoms with Crippen LogP contribution in [0.3, 0.4) is 0 Å². The first-order chi connectivity index (χ1) is 13.8. The van der Waals surface area contributed by atoms with Gasteiger partial charge in [-0.2, -0.15) is 0 Å². The van der Waals surface area contributed by atoms with E-state index in [1.165, 1.54) is 22.3 Å². The molecule has 28 heavy (non-hydrogen) atoms. The molecule has 0 fully saturated rings. The lowest BCUT2D eigenvalue weighted by Crippen LogP contribution is -2.17. The SMILES string of the molecule is O=C(Nc1ccc(OCCO)cc1)OCC1c2ccccc2-c2ccccc21. The number of fused-ring (bicyclic) bond motifs is 3. The number of carbonyl (C=O) groups is 1. The summed E-state index contributed by atoms with van der Waals surface area (Å²) in [7, 11) is 0. The average molecular weight is 375 g/mol. The van der Waals surface area contributed by atoms with Crippen LogP contribution in [-0.4, -0.2) is 31.0 Å². The minimum Gasteiger partial charge on any atom is -0.491 e. The fourth-order valence-electron chi connectivity index (χ4n) is 3.55. The summed E-state index contributed by atoms with van der Waals surface area (Å²) in [5, 5.41) is 11.5. The van der Waals surface area contributed by atoms with Crippen LogP contribution in [0.15, 0.2) is 72.8 Å². The Hall–Kier alpha value is -3.31. The summed E-state index contributed by atoms with van der Waals surface area (Å²) in [4.78, 5) is 12.3. The third-order valence-electron chi connectivity index (χ3n) is 4.80. The molecule has 142 valence electrons. The van der Waals surface area contributed by atoms with E-state index in [9.17, 15) is 4.79 Å². The van der Waals surface area contributed by atoms with Crippen molar-refractivity contribution >= 4 is 11.8 Å². The van der Waals surface area contributed by atoms with Crippen LogP contribution in [0.25, 0.3) is 11.1 Å². The molecule has 0 aliphatic heterocycles. The van der Waals surface area contributed by atoms with Crippen molar-refractivity contribution in [1.29, 1.82) is 0 Å². The number of amides is 1. The summed E-state index contributed by atoms with van der Waals surface area (Å²) in [5.41, 5.74) is 5.38. The van der Waals surface area contributed by atoms with Crippen LogP contribution in [0, 0.1) is 0 Å². The molecule has 0 radical (unpaired) electrons. The fraction of sp³-hybridized carbons (Fsp3) is 0.174. The van der Waals surface area contributed by atoms with E-state index in [0.717, 1.165) is 0 Å². The van der Waals surface area contributed by atoms with Crippen LogP contribution in [0.4, 0.5) is 10.5 Å². The van der Waals surface area contributed by atoms with Gasteiger partial charge in [-0.3, -0.25) is 5.32 Å². The van der Waals surface area contributed by atoms with Gasteiger partial charge in [0.1, 0.15) is 19.0 Å². The maximum absolute atomic E-state index is 12.3. The molecule has 2 N–H and O–H groups in total. The van der Waals surface area contributed by atoms with Gasteiger partial charge < -0.3 is 14.6 Å². The van der Waals surface area contributed by atoms with Gasteiger partial charge in [0.05, 0.1) is 6.61 Å². The lowest BCUT2D eigenvalue weighted by Gasteiger charge is -2.14. The van der Waals surface area contributed by atoms with E-state index >= 15 is 0 Å². The number of carbonyl (C=O) groups excluding carboxylic acids is 1. The van der Waals surface area contributed by atoms with Crippen molar-refractivity contribution in [3.05, 3.63) is 83.9 Å². The molecule has 0 saturated carbocycles. The van der Waals surface area contributed by atoms with Gasteiger partial charge in [0.25, 0.3) is 0 Å². The van der Waals surface area contributed by atoms with E-state index in [4.69, 9.17) is 14.6 Å². The van der Waals surface area contributed by atoms with Crippen molar-refractivity contribution in [1.82, 2.24) is 0 Å². The van der Waals surface area contributed by atoms with Crippen molar-refractivity contribution < 1.29 is 19.4 Å². The second kappa shape index (κ2) is 8.15. The molecule has 1 aliphatic carbocycles. The number of hydrogen-bond acceptors (Lipinski definition) is 4. The van der Waals surface area contributed by atoms with Gasteiger partial charge >= 0.3 is 6.09 Å². The lowest BCUT2D eigenvalue weighted by molar-refractivity contribution is 0.158. The van der Waals surface area contributed by atoms with Crippen LogP contribution in [0.1, 0.15) is 17.0 Å². The second-order valence-electron chi connectivity index (χ2n) is 6.55. The molecule has 0 spiro atoms. The normalized spacial score (nSPS) is 12.2. The van der Waals surface area contributed by atoms with Crippen molar-refractivity contribution in [2.75, 3.05) is 25.1 Å². The van der Waals surface area contributed by atoms with Crippen LogP contribution >= 0.6 is 0 Å². The second-order valence-corrected chi connectivity index (χ2v) is 6.55. The number of aliphatic hydroxyl groups excluding tert-OH is 1. The lowest BCUT2D eigenvalue weighted by atomic mass is 9.98. The van der Waals surface area contributed by atoms with Crippen molar-refractivity contribution in [2.45, 2.75) is 5.92 Å². The Morgan fingerprint density at radius 3 is 2.11 bits per heavy atom. The molecule has 0 unspecified atom stereocenters. The molecule has 1 amide bonds. The molecule has 0 heterocycles. The Kier molecular flexibility index (Phi) is 5.26. The maximum Gasteiger partial charge on any atom is 0.411 e. The number of anilines is 1. The summed E-state index contributed by atoms with van der Waals surface area (Å²) in [5.74, 6) is 0.666. The number of hydrogen-bond donors (Lipinski definition) is 2. The first kappa shape index (κ1) is 18.1. The largest absolute Gasteiger partial charge is 0.491 e. The Morgan fingerprint density at radius 1 is 0.893 bits per heavy atom. The van der Waals surface area contributed by atoms with E-state index < -0.39 is 6.09 Å². The zero-order valence-electron chi connectivity index (χ0n) is 15.3. The van der Waals surface area contributed by atoms with Gasteiger partial charge in [-0.25, -0.2) is 4.79 Å². The standard InChI is InChI=1S/C23H21NO4/c25-13-14-27-17-11-9-16(10-12-17)24-23(26)28-15-22-20-7-3-1-5-18(20)19-6-2-4-8-21(19)22/h1-12,22,25H,13-15H2,(H,24,26). The van der Waals surface area contributed by atoms with E-state index in [1.807, 2.05) is 24.3 Å². The summed E-state index contributed by atoms with van der Waals surface area (Å²) in [6.45, 7) is 0.469. The average Bonchev–Trinajstić information content (AvgIpc) is 3.06. The molecule has 5 nitrogen and oxygen atoms in total. The zero-order valence-corrected chi connectivity index (χ0v) is 15.3. The molecule has 0 saturated heterocycles. The van der Waals surface area contributed by atoms with Gasteiger partial charge in [-0.1, -0.05) is 48.5 Å². The first-order valence-corrected chi connectivity index (χ1v) is 9.22. The molecular formula is C23H21NO4. The van der Waals surface area contributed by atoms with Gasteiger partial charge in [0, 0.05) is 11.6 Å². The van der Waals surface area contributed by atoms with Crippen LogP contribution in [0.2, 0.25) is 0 Å². The predicted molar refractivity (Wildman–Crippen MR) is 108 cm³/mol. The summed E-state index contributed by atoms with van der Waals surface area (Å²) >= 11 is 0. The van der Waals surface area contributed by atoms with Crippen molar-refractivity contribution in [2.24, 2.45) is 0 Å². The van der Waals surface area contributed by atoms with Crippen LogP contribution in [0.5, 0.6) is 5.75 Å². The monoisotopic (exact) mass is 375 g/mol. The first-order valence-electron chi connectivity index (χ1n) is 9.22. The molecule has 3 aromatic carbocycles. The number of nitrogens with one attached hydrogen (secondary N) is 1. The van der Waals surface area contributed by atoms with Gasteiger partial charge in [-0.15, -0.1) is 0 Å². The van der Waals surface area contributed by atoms with E-state index in [0.29, 0.717) is 11.4 Å². The van der Waals surface area contributed by atoms with Gasteiger partial charge in [0.15, 0.2) is 0 Å².